The Balaban J connectivity index is 0.00000392. The maximum atomic E-state index is 4.69. The van der Waals surface area contributed by atoms with Crippen molar-refractivity contribution in [2.75, 3.05) is 13.1 Å². The van der Waals surface area contributed by atoms with Crippen LogP contribution in [0.15, 0.2) is 48.0 Å². The van der Waals surface area contributed by atoms with E-state index in [1.807, 2.05) is 24.6 Å². The van der Waals surface area contributed by atoms with Gasteiger partial charge in [0.2, 0.25) is 0 Å². The fourth-order valence-corrected chi connectivity index (χ4v) is 3.14. The SMILES string of the molecule is C=CCNC(=NCc1nnc(C)n1C)NCC(CC)(CC)c1ccccc1.I. The van der Waals surface area contributed by atoms with Crippen LogP contribution in [0.2, 0.25) is 0 Å². The lowest BCUT2D eigenvalue weighted by Gasteiger charge is -2.33. The molecule has 154 valence electrons. The Morgan fingerprint density at radius 2 is 1.86 bits per heavy atom. The van der Waals surface area contributed by atoms with Crippen LogP contribution in [0.1, 0.15) is 43.9 Å². The second-order valence-corrected chi connectivity index (χ2v) is 6.76. The Labute approximate surface area is 186 Å². The van der Waals surface area contributed by atoms with Crippen molar-refractivity contribution < 1.29 is 0 Å². The van der Waals surface area contributed by atoms with Gasteiger partial charge in [0.1, 0.15) is 12.4 Å². The van der Waals surface area contributed by atoms with Gasteiger partial charge in [-0.25, -0.2) is 4.99 Å². The molecule has 0 amide bonds. The third-order valence-electron chi connectivity index (χ3n) is 5.31. The zero-order valence-electron chi connectivity index (χ0n) is 17.4. The van der Waals surface area contributed by atoms with Crippen LogP contribution in [0, 0.1) is 6.92 Å². The number of rotatable bonds is 9. The van der Waals surface area contributed by atoms with Crippen molar-refractivity contribution in [1.82, 2.24) is 25.4 Å². The van der Waals surface area contributed by atoms with E-state index < -0.39 is 0 Å². The standard InChI is InChI=1S/C21H32N6.HI/c1-6-14-22-20(23-15-19-26-25-17(4)27(19)5)24-16-21(7-2,8-3)18-12-10-9-11-13-18;/h6,9-13H,1,7-8,14-16H2,2-5H3,(H2,22,23,24);1H. The summed E-state index contributed by atoms with van der Waals surface area (Å²) in [6.07, 6.45) is 3.93. The smallest absolute Gasteiger partial charge is 0.191 e. The molecule has 0 spiro atoms. The van der Waals surface area contributed by atoms with Crippen LogP contribution >= 0.6 is 24.0 Å². The van der Waals surface area contributed by atoms with Crippen molar-refractivity contribution in [2.24, 2.45) is 12.0 Å². The maximum absolute atomic E-state index is 4.69. The Hall–Kier alpha value is -1.90. The predicted molar refractivity (Wildman–Crippen MR) is 127 cm³/mol. The van der Waals surface area contributed by atoms with Gasteiger partial charge < -0.3 is 15.2 Å². The highest BCUT2D eigenvalue weighted by molar-refractivity contribution is 14.0. The molecular formula is C21H33IN6. The van der Waals surface area contributed by atoms with Crippen LogP contribution in [0.5, 0.6) is 0 Å². The average molecular weight is 496 g/mol. The molecule has 0 aliphatic carbocycles. The summed E-state index contributed by atoms with van der Waals surface area (Å²) in [5.74, 6) is 2.49. The van der Waals surface area contributed by atoms with Gasteiger partial charge in [-0.3, -0.25) is 0 Å². The highest BCUT2D eigenvalue weighted by Crippen LogP contribution is 2.30. The summed E-state index contributed by atoms with van der Waals surface area (Å²) >= 11 is 0. The normalized spacial score (nSPS) is 11.6. The lowest BCUT2D eigenvalue weighted by atomic mass is 9.76. The minimum absolute atomic E-state index is 0. The van der Waals surface area contributed by atoms with E-state index in [1.165, 1.54) is 5.56 Å². The van der Waals surface area contributed by atoms with Gasteiger partial charge in [0, 0.05) is 25.6 Å². The number of nitrogens with one attached hydrogen (secondary N) is 2. The van der Waals surface area contributed by atoms with Crippen LogP contribution in [0.25, 0.3) is 0 Å². The lowest BCUT2D eigenvalue weighted by molar-refractivity contribution is 0.389. The van der Waals surface area contributed by atoms with E-state index in [-0.39, 0.29) is 29.4 Å². The number of benzene rings is 1. The third-order valence-corrected chi connectivity index (χ3v) is 5.31. The molecule has 0 bridgehead atoms. The number of hydrogen-bond donors (Lipinski definition) is 2. The van der Waals surface area contributed by atoms with Gasteiger partial charge in [0.25, 0.3) is 0 Å². The van der Waals surface area contributed by atoms with Gasteiger partial charge in [-0.05, 0) is 25.3 Å². The molecule has 2 N–H and O–H groups in total. The molecule has 1 heterocycles. The van der Waals surface area contributed by atoms with Crippen LogP contribution in [0.3, 0.4) is 0 Å². The van der Waals surface area contributed by atoms with Crippen LogP contribution in [-0.2, 0) is 19.0 Å². The Morgan fingerprint density at radius 1 is 1.18 bits per heavy atom. The molecule has 7 heteroatoms. The first-order chi connectivity index (χ1) is 13.1. The number of aromatic nitrogens is 3. The van der Waals surface area contributed by atoms with Gasteiger partial charge in [-0.2, -0.15) is 0 Å². The zero-order valence-corrected chi connectivity index (χ0v) is 19.7. The van der Waals surface area contributed by atoms with Crippen LogP contribution in [0.4, 0.5) is 0 Å². The summed E-state index contributed by atoms with van der Waals surface area (Å²) in [5, 5.41) is 15.1. The van der Waals surface area contributed by atoms with Gasteiger partial charge in [-0.15, -0.1) is 40.8 Å². The van der Waals surface area contributed by atoms with Crippen molar-refractivity contribution in [1.29, 1.82) is 0 Å². The largest absolute Gasteiger partial charge is 0.355 e. The summed E-state index contributed by atoms with van der Waals surface area (Å²) in [5.41, 5.74) is 1.42. The minimum atomic E-state index is 0. The number of guanidine groups is 1. The third kappa shape index (κ3) is 6.05. The molecule has 0 radical (unpaired) electrons. The first-order valence-electron chi connectivity index (χ1n) is 9.59. The highest BCUT2D eigenvalue weighted by Gasteiger charge is 2.28. The zero-order chi connectivity index (χ0) is 19.7. The quantitative estimate of drug-likeness (QED) is 0.240. The van der Waals surface area contributed by atoms with E-state index in [1.54, 1.807) is 0 Å². The molecule has 6 nitrogen and oxygen atoms in total. The number of nitrogens with zero attached hydrogens (tertiary/aromatic N) is 4. The van der Waals surface area contributed by atoms with Crippen LogP contribution in [-0.4, -0.2) is 33.8 Å². The Kier molecular flexibility index (Phi) is 10.2. The molecule has 0 aliphatic rings. The van der Waals surface area contributed by atoms with E-state index in [2.05, 4.69) is 71.6 Å². The maximum Gasteiger partial charge on any atom is 0.191 e. The molecule has 2 rings (SSSR count). The number of aliphatic imine (C=N–C) groups is 1. The van der Waals surface area contributed by atoms with Crippen molar-refractivity contribution in [3.05, 3.63) is 60.2 Å². The Morgan fingerprint density at radius 3 is 2.39 bits per heavy atom. The summed E-state index contributed by atoms with van der Waals surface area (Å²) in [6, 6.07) is 10.7. The second kappa shape index (κ2) is 11.8. The fourth-order valence-electron chi connectivity index (χ4n) is 3.14. The summed E-state index contributed by atoms with van der Waals surface area (Å²) in [6.45, 7) is 12.1. The molecule has 0 saturated carbocycles. The van der Waals surface area contributed by atoms with Gasteiger partial charge in [0.15, 0.2) is 11.8 Å². The van der Waals surface area contributed by atoms with Gasteiger partial charge in [-0.1, -0.05) is 50.3 Å². The van der Waals surface area contributed by atoms with E-state index >= 15 is 0 Å². The molecule has 1 aromatic carbocycles. The molecular weight excluding hydrogens is 463 g/mol. The van der Waals surface area contributed by atoms with E-state index in [9.17, 15) is 0 Å². The van der Waals surface area contributed by atoms with Gasteiger partial charge >= 0.3 is 0 Å². The molecule has 1 aromatic heterocycles. The number of hydrogen-bond acceptors (Lipinski definition) is 3. The fraction of sp³-hybridized carbons (Fsp3) is 0.476. The lowest BCUT2D eigenvalue weighted by Crippen LogP contribution is -2.45. The predicted octanol–water partition coefficient (Wildman–Crippen LogP) is 3.72. The van der Waals surface area contributed by atoms with Gasteiger partial charge in [0.05, 0.1) is 0 Å². The molecule has 2 aromatic rings. The molecule has 28 heavy (non-hydrogen) atoms. The summed E-state index contributed by atoms with van der Waals surface area (Å²) in [4.78, 5) is 4.69. The monoisotopic (exact) mass is 496 g/mol. The highest BCUT2D eigenvalue weighted by atomic mass is 127. The second-order valence-electron chi connectivity index (χ2n) is 6.76. The topological polar surface area (TPSA) is 67.1 Å². The molecule has 0 unspecified atom stereocenters. The van der Waals surface area contributed by atoms with E-state index in [0.29, 0.717) is 13.1 Å². The van der Waals surface area contributed by atoms with Crippen LogP contribution < -0.4 is 10.6 Å². The first kappa shape index (κ1) is 24.1. The molecule has 0 saturated heterocycles. The summed E-state index contributed by atoms with van der Waals surface area (Å²) in [7, 11) is 1.96. The van der Waals surface area contributed by atoms with Crippen molar-refractivity contribution >= 4 is 29.9 Å². The first-order valence-corrected chi connectivity index (χ1v) is 9.59. The molecule has 0 aliphatic heterocycles. The van der Waals surface area contributed by atoms with E-state index in [0.717, 1.165) is 37.0 Å². The minimum Gasteiger partial charge on any atom is -0.355 e. The van der Waals surface area contributed by atoms with Crippen molar-refractivity contribution in [3.8, 4) is 0 Å². The Bertz CT molecular complexity index is 750. The number of halogens is 1. The van der Waals surface area contributed by atoms with Crippen molar-refractivity contribution in [3.63, 3.8) is 0 Å². The molecule has 0 fully saturated rings. The molecule has 0 atom stereocenters. The average Bonchev–Trinajstić information content (AvgIpc) is 3.03. The van der Waals surface area contributed by atoms with Crippen molar-refractivity contribution in [2.45, 2.75) is 45.6 Å². The number of aryl methyl sites for hydroxylation is 1. The van der Waals surface area contributed by atoms with E-state index in [4.69, 9.17) is 4.99 Å². The summed E-state index contributed by atoms with van der Waals surface area (Å²) < 4.78 is 1.96.